The number of anilines is 1. The fourth-order valence-electron chi connectivity index (χ4n) is 3.52. The summed E-state index contributed by atoms with van der Waals surface area (Å²) in [5.74, 6) is -0.427. The number of amides is 1. The van der Waals surface area contributed by atoms with Crippen molar-refractivity contribution in [3.05, 3.63) is 16.0 Å². The standard InChI is InChI=1S/C19H25Cl3N2O5S/c1-2-27-16(25)14-12-7-3-4-8-13(12)30-15(14)23-17(19(20,21)22)24-18(26)29-10-11-6-5-9-28-11/h11,17,23H,2-10H2,1H3,(H,24,26)/t11-,17-/m1/s1. The summed E-state index contributed by atoms with van der Waals surface area (Å²) < 4.78 is 14.0. The number of carbonyl (C=O) groups is 2. The van der Waals surface area contributed by atoms with Gasteiger partial charge in [-0.25, -0.2) is 9.59 Å². The monoisotopic (exact) mass is 498 g/mol. The van der Waals surface area contributed by atoms with E-state index in [1.807, 2.05) is 0 Å². The first-order valence-corrected chi connectivity index (χ1v) is 11.9. The van der Waals surface area contributed by atoms with E-state index in [9.17, 15) is 9.59 Å². The number of nitrogens with one attached hydrogen (secondary N) is 2. The Bertz CT molecular complexity index is 762. The Labute approximate surface area is 194 Å². The number of fused-ring (bicyclic) bond motifs is 1. The van der Waals surface area contributed by atoms with Gasteiger partial charge in [0.05, 0.1) is 18.3 Å². The summed E-state index contributed by atoms with van der Waals surface area (Å²) >= 11 is 19.7. The molecular weight excluding hydrogens is 475 g/mol. The number of alkyl carbamates (subject to hydrolysis) is 1. The van der Waals surface area contributed by atoms with Crippen molar-refractivity contribution in [2.24, 2.45) is 0 Å². The molecule has 0 aromatic carbocycles. The van der Waals surface area contributed by atoms with Crippen LogP contribution in [0.15, 0.2) is 0 Å². The van der Waals surface area contributed by atoms with Crippen molar-refractivity contribution in [3.8, 4) is 0 Å². The summed E-state index contributed by atoms with van der Waals surface area (Å²) in [5.41, 5.74) is 1.42. The molecule has 0 radical (unpaired) electrons. The summed E-state index contributed by atoms with van der Waals surface area (Å²) in [6, 6.07) is 0. The first-order chi connectivity index (χ1) is 14.3. The zero-order chi connectivity index (χ0) is 21.7. The number of rotatable bonds is 7. The lowest BCUT2D eigenvalue weighted by molar-refractivity contribution is 0.0432. The molecule has 7 nitrogen and oxygen atoms in total. The lowest BCUT2D eigenvalue weighted by Gasteiger charge is -2.27. The maximum Gasteiger partial charge on any atom is 0.408 e. The number of esters is 1. The van der Waals surface area contributed by atoms with E-state index in [4.69, 9.17) is 49.0 Å². The molecule has 2 N–H and O–H groups in total. The van der Waals surface area contributed by atoms with Crippen molar-refractivity contribution in [2.75, 3.05) is 25.1 Å². The molecule has 2 aliphatic rings. The number of thiophene rings is 1. The first kappa shape index (κ1) is 23.7. The zero-order valence-corrected chi connectivity index (χ0v) is 19.7. The topological polar surface area (TPSA) is 85.9 Å². The van der Waals surface area contributed by atoms with Gasteiger partial charge >= 0.3 is 12.1 Å². The van der Waals surface area contributed by atoms with Crippen molar-refractivity contribution >= 4 is 63.2 Å². The number of hydrogen-bond donors (Lipinski definition) is 2. The molecule has 0 bridgehead atoms. The van der Waals surface area contributed by atoms with Crippen LogP contribution in [-0.4, -0.2) is 47.9 Å². The Morgan fingerprint density at radius 1 is 1.23 bits per heavy atom. The fourth-order valence-corrected chi connectivity index (χ4v) is 5.15. The van der Waals surface area contributed by atoms with E-state index in [1.165, 1.54) is 11.3 Å². The minimum atomic E-state index is -1.89. The quantitative estimate of drug-likeness (QED) is 0.318. The first-order valence-electron chi connectivity index (χ1n) is 9.99. The Morgan fingerprint density at radius 3 is 2.67 bits per heavy atom. The highest BCUT2D eigenvalue weighted by molar-refractivity contribution is 7.16. The molecule has 1 aromatic rings. The third-order valence-electron chi connectivity index (χ3n) is 4.94. The average Bonchev–Trinajstić information content (AvgIpc) is 3.32. The minimum absolute atomic E-state index is 0.116. The van der Waals surface area contributed by atoms with Crippen LogP contribution in [0.3, 0.4) is 0 Å². The molecule has 1 aromatic heterocycles. The van der Waals surface area contributed by atoms with Gasteiger partial charge in [-0.1, -0.05) is 34.8 Å². The maximum atomic E-state index is 12.6. The summed E-state index contributed by atoms with van der Waals surface area (Å²) in [6.07, 6.45) is 3.51. The van der Waals surface area contributed by atoms with Crippen LogP contribution in [0.2, 0.25) is 0 Å². The fraction of sp³-hybridized carbons (Fsp3) is 0.684. The molecule has 168 valence electrons. The smallest absolute Gasteiger partial charge is 0.408 e. The largest absolute Gasteiger partial charge is 0.462 e. The van der Waals surface area contributed by atoms with Crippen LogP contribution in [-0.2, 0) is 27.1 Å². The number of halogens is 3. The SMILES string of the molecule is CCOC(=O)c1c(N[C@H](NC(=O)OC[C@H]2CCCO2)C(Cl)(Cl)Cl)sc2c1CCCC2. The highest BCUT2D eigenvalue weighted by Gasteiger charge is 2.37. The normalized spacial score (nSPS) is 19.7. The maximum absolute atomic E-state index is 12.6. The molecule has 1 fully saturated rings. The molecule has 1 amide bonds. The van der Waals surface area contributed by atoms with Gasteiger partial charge < -0.3 is 19.5 Å². The molecule has 2 heterocycles. The second-order valence-corrected chi connectivity index (χ2v) is 10.6. The van der Waals surface area contributed by atoms with E-state index in [2.05, 4.69) is 10.6 Å². The average molecular weight is 500 g/mol. The van der Waals surface area contributed by atoms with Crippen LogP contribution in [0.1, 0.15) is 53.4 Å². The van der Waals surface area contributed by atoms with Gasteiger partial charge in [-0.05, 0) is 51.0 Å². The van der Waals surface area contributed by atoms with Gasteiger partial charge in [0.1, 0.15) is 11.6 Å². The Kier molecular flexibility index (Phi) is 8.38. The van der Waals surface area contributed by atoms with Gasteiger partial charge in [0, 0.05) is 11.5 Å². The lowest BCUT2D eigenvalue weighted by atomic mass is 9.95. The molecule has 2 atom stereocenters. The number of alkyl halides is 3. The van der Waals surface area contributed by atoms with Crippen LogP contribution in [0.5, 0.6) is 0 Å². The van der Waals surface area contributed by atoms with Crippen molar-refractivity contribution in [1.29, 1.82) is 0 Å². The number of carbonyl (C=O) groups excluding carboxylic acids is 2. The molecule has 1 saturated heterocycles. The van der Waals surface area contributed by atoms with Crippen LogP contribution in [0, 0.1) is 0 Å². The molecule has 0 saturated carbocycles. The van der Waals surface area contributed by atoms with Crippen molar-refractivity contribution < 1.29 is 23.8 Å². The van der Waals surface area contributed by atoms with Crippen LogP contribution >= 0.6 is 46.1 Å². The second-order valence-electron chi connectivity index (χ2n) is 7.13. The molecular formula is C19H25Cl3N2O5S. The minimum Gasteiger partial charge on any atom is -0.462 e. The molecule has 1 aliphatic carbocycles. The third-order valence-corrected chi connectivity index (χ3v) is 6.82. The van der Waals surface area contributed by atoms with E-state index in [-0.39, 0.29) is 19.3 Å². The van der Waals surface area contributed by atoms with Gasteiger partial charge in [-0.3, -0.25) is 5.32 Å². The van der Waals surface area contributed by atoms with Crippen molar-refractivity contribution in [2.45, 2.75) is 61.5 Å². The summed E-state index contributed by atoms with van der Waals surface area (Å²) in [5, 5.41) is 6.07. The zero-order valence-electron chi connectivity index (χ0n) is 16.6. The Hall–Kier alpha value is -0.930. The molecule has 1 aliphatic heterocycles. The van der Waals surface area contributed by atoms with Gasteiger partial charge in [0.15, 0.2) is 6.17 Å². The highest BCUT2D eigenvalue weighted by atomic mass is 35.6. The Balaban J connectivity index is 1.75. The summed E-state index contributed by atoms with van der Waals surface area (Å²) in [4.78, 5) is 26.0. The van der Waals surface area contributed by atoms with Gasteiger partial charge in [0.25, 0.3) is 0 Å². The third kappa shape index (κ3) is 6.07. The highest BCUT2D eigenvalue weighted by Crippen LogP contribution is 2.40. The second kappa shape index (κ2) is 10.6. The van der Waals surface area contributed by atoms with Crippen LogP contribution in [0.25, 0.3) is 0 Å². The molecule has 3 rings (SSSR count). The summed E-state index contributed by atoms with van der Waals surface area (Å²) in [7, 11) is 0. The Morgan fingerprint density at radius 2 is 2.00 bits per heavy atom. The molecule has 11 heteroatoms. The van der Waals surface area contributed by atoms with E-state index in [0.717, 1.165) is 49.0 Å². The van der Waals surface area contributed by atoms with Gasteiger partial charge in [-0.2, -0.15) is 0 Å². The van der Waals surface area contributed by atoms with E-state index in [1.54, 1.807) is 6.92 Å². The number of aryl methyl sites for hydroxylation is 1. The van der Waals surface area contributed by atoms with Gasteiger partial charge in [0.2, 0.25) is 3.79 Å². The van der Waals surface area contributed by atoms with E-state index < -0.39 is 22.0 Å². The molecule has 0 spiro atoms. The van der Waals surface area contributed by atoms with E-state index in [0.29, 0.717) is 17.2 Å². The van der Waals surface area contributed by atoms with Crippen LogP contribution in [0.4, 0.5) is 9.80 Å². The summed E-state index contributed by atoms with van der Waals surface area (Å²) in [6.45, 7) is 2.79. The van der Waals surface area contributed by atoms with E-state index >= 15 is 0 Å². The number of ether oxygens (including phenoxy) is 3. The predicted molar refractivity (Wildman–Crippen MR) is 118 cm³/mol. The predicted octanol–water partition coefficient (Wildman–Crippen LogP) is 4.82. The van der Waals surface area contributed by atoms with Crippen LogP contribution < -0.4 is 10.6 Å². The number of hydrogen-bond acceptors (Lipinski definition) is 7. The lowest BCUT2D eigenvalue weighted by Crippen LogP contribution is -2.49. The molecule has 30 heavy (non-hydrogen) atoms. The molecule has 0 unspecified atom stereocenters. The van der Waals surface area contributed by atoms with Crippen molar-refractivity contribution in [3.63, 3.8) is 0 Å². The van der Waals surface area contributed by atoms with Gasteiger partial charge in [-0.15, -0.1) is 11.3 Å². The van der Waals surface area contributed by atoms with Crippen molar-refractivity contribution in [1.82, 2.24) is 5.32 Å².